The molecular weight excluding hydrogens is 248 g/mol. The van der Waals surface area contributed by atoms with Crippen LogP contribution in [0.25, 0.3) is 11.3 Å². The fraction of sp³-hybridized carbons (Fsp3) is 0.357. The molecule has 2 rings (SSSR count). The molecule has 1 N–H and O–H groups in total. The van der Waals surface area contributed by atoms with Gasteiger partial charge in [-0.25, -0.2) is 4.98 Å². The molecular formula is C14H17ClN2O. The molecule has 96 valence electrons. The summed E-state index contributed by atoms with van der Waals surface area (Å²) in [4.78, 5) is 4.25. The first kappa shape index (κ1) is 13.1. The predicted molar refractivity (Wildman–Crippen MR) is 73.7 cm³/mol. The third-order valence-electron chi connectivity index (χ3n) is 2.78. The third kappa shape index (κ3) is 2.92. The van der Waals surface area contributed by atoms with Crippen molar-refractivity contribution < 1.29 is 4.42 Å². The highest BCUT2D eigenvalue weighted by Crippen LogP contribution is 2.27. The minimum absolute atomic E-state index is 0.724. The lowest BCUT2D eigenvalue weighted by atomic mass is 10.1. The van der Waals surface area contributed by atoms with Gasteiger partial charge in [-0.2, -0.15) is 0 Å². The fourth-order valence-corrected chi connectivity index (χ4v) is 1.92. The first-order valence-electron chi connectivity index (χ1n) is 6.12. The SMILES string of the molecule is CCCNCc1ncoc1-c1ccc(Cl)c(C)c1. The summed E-state index contributed by atoms with van der Waals surface area (Å²) >= 11 is 6.03. The monoisotopic (exact) mass is 264 g/mol. The van der Waals surface area contributed by atoms with Crippen LogP contribution in [0.3, 0.4) is 0 Å². The molecule has 1 heterocycles. The Bertz CT molecular complexity index is 522. The van der Waals surface area contributed by atoms with Crippen molar-refractivity contribution >= 4 is 11.6 Å². The summed E-state index contributed by atoms with van der Waals surface area (Å²) in [5, 5.41) is 4.09. The van der Waals surface area contributed by atoms with Crippen LogP contribution >= 0.6 is 11.6 Å². The van der Waals surface area contributed by atoms with E-state index in [4.69, 9.17) is 16.0 Å². The van der Waals surface area contributed by atoms with E-state index in [-0.39, 0.29) is 0 Å². The number of benzene rings is 1. The van der Waals surface area contributed by atoms with Gasteiger partial charge in [-0.3, -0.25) is 0 Å². The predicted octanol–water partition coefficient (Wildman–Crippen LogP) is 3.80. The van der Waals surface area contributed by atoms with Crippen molar-refractivity contribution in [3.8, 4) is 11.3 Å². The molecule has 18 heavy (non-hydrogen) atoms. The molecule has 0 aliphatic heterocycles. The van der Waals surface area contributed by atoms with E-state index in [0.29, 0.717) is 0 Å². The van der Waals surface area contributed by atoms with Gasteiger partial charge >= 0.3 is 0 Å². The lowest BCUT2D eigenvalue weighted by Crippen LogP contribution is -2.14. The van der Waals surface area contributed by atoms with Gasteiger partial charge in [0.25, 0.3) is 0 Å². The zero-order valence-electron chi connectivity index (χ0n) is 10.7. The van der Waals surface area contributed by atoms with Gasteiger partial charge in [-0.05, 0) is 43.7 Å². The molecule has 0 spiro atoms. The zero-order chi connectivity index (χ0) is 13.0. The summed E-state index contributed by atoms with van der Waals surface area (Å²) in [7, 11) is 0. The summed E-state index contributed by atoms with van der Waals surface area (Å²) in [6.45, 7) is 5.82. The summed E-state index contributed by atoms with van der Waals surface area (Å²) in [6.07, 6.45) is 2.59. The van der Waals surface area contributed by atoms with Crippen LogP contribution in [0.5, 0.6) is 0 Å². The van der Waals surface area contributed by atoms with Crippen LogP contribution in [0, 0.1) is 6.92 Å². The standard InChI is InChI=1S/C14H17ClN2O/c1-3-6-16-8-13-14(18-9-17-13)11-4-5-12(15)10(2)7-11/h4-5,7,9,16H,3,6,8H2,1-2H3. The van der Waals surface area contributed by atoms with E-state index in [1.54, 1.807) is 0 Å². The van der Waals surface area contributed by atoms with Crippen molar-refractivity contribution in [2.75, 3.05) is 6.54 Å². The molecule has 0 saturated heterocycles. The first-order chi connectivity index (χ1) is 8.72. The van der Waals surface area contributed by atoms with E-state index in [0.717, 1.165) is 47.1 Å². The highest BCUT2D eigenvalue weighted by molar-refractivity contribution is 6.31. The number of oxazole rings is 1. The number of aromatic nitrogens is 1. The molecule has 0 fully saturated rings. The van der Waals surface area contributed by atoms with Gasteiger partial charge in [-0.15, -0.1) is 0 Å². The number of hydrogen-bond donors (Lipinski definition) is 1. The third-order valence-corrected chi connectivity index (χ3v) is 3.20. The molecule has 0 aliphatic rings. The largest absolute Gasteiger partial charge is 0.443 e. The van der Waals surface area contributed by atoms with Crippen LogP contribution in [-0.2, 0) is 6.54 Å². The minimum atomic E-state index is 0.724. The lowest BCUT2D eigenvalue weighted by molar-refractivity contribution is 0.569. The molecule has 1 aromatic carbocycles. The Morgan fingerprint density at radius 1 is 1.39 bits per heavy atom. The van der Waals surface area contributed by atoms with Crippen molar-refractivity contribution in [2.24, 2.45) is 0 Å². The normalized spacial score (nSPS) is 10.8. The Morgan fingerprint density at radius 3 is 2.94 bits per heavy atom. The van der Waals surface area contributed by atoms with Crippen molar-refractivity contribution in [3.63, 3.8) is 0 Å². The molecule has 0 saturated carbocycles. The molecule has 1 aromatic heterocycles. The summed E-state index contributed by atoms with van der Waals surface area (Å²) in [5.41, 5.74) is 2.99. The van der Waals surface area contributed by atoms with Crippen LogP contribution in [0.15, 0.2) is 29.0 Å². The van der Waals surface area contributed by atoms with Crippen LogP contribution in [0.4, 0.5) is 0 Å². The molecule has 0 atom stereocenters. The number of rotatable bonds is 5. The Hall–Kier alpha value is -1.32. The molecule has 2 aromatic rings. The Balaban J connectivity index is 2.22. The Kier molecular flexibility index (Phi) is 4.39. The smallest absolute Gasteiger partial charge is 0.181 e. The van der Waals surface area contributed by atoms with Gasteiger partial charge < -0.3 is 9.73 Å². The summed E-state index contributed by atoms with van der Waals surface area (Å²) in [6, 6.07) is 5.86. The molecule has 0 radical (unpaired) electrons. The first-order valence-corrected chi connectivity index (χ1v) is 6.49. The number of aryl methyl sites for hydroxylation is 1. The Labute approximate surface area is 112 Å². The van der Waals surface area contributed by atoms with E-state index in [1.807, 2.05) is 25.1 Å². The van der Waals surface area contributed by atoms with Gasteiger partial charge in [-0.1, -0.05) is 18.5 Å². The van der Waals surface area contributed by atoms with Crippen molar-refractivity contribution in [1.29, 1.82) is 0 Å². The molecule has 0 aliphatic carbocycles. The number of halogens is 1. The van der Waals surface area contributed by atoms with E-state index < -0.39 is 0 Å². The highest BCUT2D eigenvalue weighted by atomic mass is 35.5. The second-order valence-corrected chi connectivity index (χ2v) is 4.68. The minimum Gasteiger partial charge on any atom is -0.443 e. The summed E-state index contributed by atoms with van der Waals surface area (Å²) in [5.74, 6) is 0.818. The van der Waals surface area contributed by atoms with Gasteiger partial charge in [0.05, 0.1) is 0 Å². The maximum absolute atomic E-state index is 6.03. The van der Waals surface area contributed by atoms with Crippen LogP contribution in [-0.4, -0.2) is 11.5 Å². The molecule has 0 amide bonds. The molecule has 0 unspecified atom stereocenters. The highest BCUT2D eigenvalue weighted by Gasteiger charge is 2.11. The van der Waals surface area contributed by atoms with Crippen LogP contribution in [0.2, 0.25) is 5.02 Å². The molecule has 0 bridgehead atoms. The average Bonchev–Trinajstić information content (AvgIpc) is 2.81. The van der Waals surface area contributed by atoms with E-state index in [2.05, 4.69) is 17.2 Å². The van der Waals surface area contributed by atoms with E-state index >= 15 is 0 Å². The van der Waals surface area contributed by atoms with Gasteiger partial charge in [0.2, 0.25) is 0 Å². The number of hydrogen-bond acceptors (Lipinski definition) is 3. The van der Waals surface area contributed by atoms with E-state index in [9.17, 15) is 0 Å². The van der Waals surface area contributed by atoms with E-state index in [1.165, 1.54) is 6.39 Å². The lowest BCUT2D eigenvalue weighted by Gasteiger charge is -2.04. The van der Waals surface area contributed by atoms with Crippen molar-refractivity contribution in [3.05, 3.63) is 40.9 Å². The van der Waals surface area contributed by atoms with Crippen molar-refractivity contribution in [1.82, 2.24) is 10.3 Å². The van der Waals surface area contributed by atoms with Crippen LogP contribution in [0.1, 0.15) is 24.6 Å². The maximum atomic E-state index is 6.03. The number of nitrogens with zero attached hydrogens (tertiary/aromatic N) is 1. The summed E-state index contributed by atoms with van der Waals surface area (Å²) < 4.78 is 5.48. The fourth-order valence-electron chi connectivity index (χ4n) is 1.80. The molecule has 3 nitrogen and oxygen atoms in total. The number of nitrogens with one attached hydrogen (secondary N) is 1. The Morgan fingerprint density at radius 2 is 2.22 bits per heavy atom. The maximum Gasteiger partial charge on any atom is 0.181 e. The second kappa shape index (κ2) is 6.03. The van der Waals surface area contributed by atoms with Gasteiger partial charge in [0.15, 0.2) is 12.2 Å². The topological polar surface area (TPSA) is 38.1 Å². The average molecular weight is 265 g/mol. The molecule has 4 heteroatoms. The van der Waals surface area contributed by atoms with Crippen molar-refractivity contribution in [2.45, 2.75) is 26.8 Å². The quantitative estimate of drug-likeness (QED) is 0.835. The van der Waals surface area contributed by atoms with Gasteiger partial charge in [0, 0.05) is 17.1 Å². The van der Waals surface area contributed by atoms with Gasteiger partial charge in [0.1, 0.15) is 5.69 Å². The zero-order valence-corrected chi connectivity index (χ0v) is 11.4. The second-order valence-electron chi connectivity index (χ2n) is 4.27. The van der Waals surface area contributed by atoms with Crippen LogP contribution < -0.4 is 5.32 Å².